The van der Waals surface area contributed by atoms with Crippen molar-refractivity contribution < 1.29 is 14.6 Å². The topological polar surface area (TPSA) is 38.7 Å². The molecule has 1 N–H and O–H groups in total. The molecule has 0 amide bonds. The van der Waals surface area contributed by atoms with E-state index in [2.05, 4.69) is 0 Å². The summed E-state index contributed by atoms with van der Waals surface area (Å²) in [5.74, 6) is 0.771. The third-order valence-electron chi connectivity index (χ3n) is 2.04. The number of hydrogen-bond donors (Lipinski definition) is 1. The molecule has 0 saturated heterocycles. The highest BCUT2D eigenvalue weighted by atomic mass is 16.5. The number of ether oxygens (including phenoxy) is 2. The first-order valence-corrected chi connectivity index (χ1v) is 5.22. The van der Waals surface area contributed by atoms with Gasteiger partial charge in [-0.25, -0.2) is 0 Å². The lowest BCUT2D eigenvalue weighted by Gasteiger charge is -2.09. The molecule has 0 fully saturated rings. The maximum Gasteiger partial charge on any atom is 0.119 e. The second-order valence-corrected chi connectivity index (χ2v) is 3.29. The van der Waals surface area contributed by atoms with Crippen LogP contribution in [0, 0.1) is 0 Å². The summed E-state index contributed by atoms with van der Waals surface area (Å²) in [5.41, 5.74) is 0.865. The number of benzene rings is 1. The first-order valence-electron chi connectivity index (χ1n) is 5.22. The number of aliphatic hydroxyl groups is 1. The number of aliphatic hydroxyl groups excluding tert-OH is 1. The fourth-order valence-electron chi connectivity index (χ4n) is 1.23. The van der Waals surface area contributed by atoms with Crippen LogP contribution in [-0.2, 0) is 4.74 Å². The van der Waals surface area contributed by atoms with E-state index in [0.29, 0.717) is 19.8 Å². The molecule has 3 heteroatoms. The van der Waals surface area contributed by atoms with Gasteiger partial charge in [0.1, 0.15) is 12.4 Å². The molecular formula is C12H18O3. The second-order valence-electron chi connectivity index (χ2n) is 3.29. The van der Waals surface area contributed by atoms with Crippen LogP contribution in [0.4, 0.5) is 0 Å². The van der Waals surface area contributed by atoms with Crippen molar-refractivity contribution in [3.63, 3.8) is 0 Å². The van der Waals surface area contributed by atoms with E-state index in [1.807, 2.05) is 31.2 Å². The van der Waals surface area contributed by atoms with Gasteiger partial charge >= 0.3 is 0 Å². The molecule has 3 nitrogen and oxygen atoms in total. The van der Waals surface area contributed by atoms with Crippen molar-refractivity contribution in [1.29, 1.82) is 0 Å². The highest BCUT2D eigenvalue weighted by molar-refractivity contribution is 5.29. The number of rotatable bonds is 6. The lowest BCUT2D eigenvalue weighted by Crippen LogP contribution is -2.06. The Hall–Kier alpha value is -1.06. The minimum absolute atomic E-state index is 0.458. The summed E-state index contributed by atoms with van der Waals surface area (Å²) in [7, 11) is 0. The van der Waals surface area contributed by atoms with E-state index in [0.717, 1.165) is 11.3 Å². The van der Waals surface area contributed by atoms with E-state index in [4.69, 9.17) is 9.47 Å². The van der Waals surface area contributed by atoms with Crippen molar-refractivity contribution in [2.24, 2.45) is 0 Å². The molecule has 1 aromatic rings. The molecule has 0 unspecified atom stereocenters. The van der Waals surface area contributed by atoms with Crippen molar-refractivity contribution in [3.05, 3.63) is 29.8 Å². The molecule has 1 aromatic carbocycles. The molecule has 0 radical (unpaired) electrons. The number of hydrogen-bond acceptors (Lipinski definition) is 3. The van der Waals surface area contributed by atoms with Gasteiger partial charge in [-0.2, -0.15) is 0 Å². The molecule has 0 bridgehead atoms. The summed E-state index contributed by atoms with van der Waals surface area (Å²) in [6.07, 6.45) is -0.458. The third-order valence-corrected chi connectivity index (χ3v) is 2.04. The standard InChI is InChI=1S/C12H18O3/c1-3-14-7-8-15-12-6-4-5-11(9-12)10(2)13/h4-6,9-10,13H,3,7-8H2,1-2H3/t10-/m0/s1. The fourth-order valence-corrected chi connectivity index (χ4v) is 1.23. The van der Waals surface area contributed by atoms with Gasteiger partial charge in [-0.15, -0.1) is 0 Å². The van der Waals surface area contributed by atoms with Crippen molar-refractivity contribution in [3.8, 4) is 5.75 Å². The quantitative estimate of drug-likeness (QED) is 0.731. The normalized spacial score (nSPS) is 12.5. The van der Waals surface area contributed by atoms with Crippen molar-refractivity contribution in [2.45, 2.75) is 20.0 Å². The molecule has 1 atom stereocenters. The first kappa shape index (κ1) is 12.0. The minimum Gasteiger partial charge on any atom is -0.491 e. The summed E-state index contributed by atoms with van der Waals surface area (Å²) >= 11 is 0. The average Bonchev–Trinajstić information content (AvgIpc) is 2.25. The van der Waals surface area contributed by atoms with Gasteiger partial charge in [0.25, 0.3) is 0 Å². The summed E-state index contributed by atoms with van der Waals surface area (Å²) < 4.78 is 10.6. The average molecular weight is 210 g/mol. The van der Waals surface area contributed by atoms with Gasteiger partial charge < -0.3 is 14.6 Å². The predicted octanol–water partition coefficient (Wildman–Crippen LogP) is 2.16. The summed E-state index contributed by atoms with van der Waals surface area (Å²) in [4.78, 5) is 0. The third kappa shape index (κ3) is 4.32. The van der Waals surface area contributed by atoms with Gasteiger partial charge in [-0.3, -0.25) is 0 Å². The Morgan fingerprint density at radius 1 is 1.33 bits per heavy atom. The van der Waals surface area contributed by atoms with Crippen molar-refractivity contribution in [2.75, 3.05) is 19.8 Å². The predicted molar refractivity (Wildman–Crippen MR) is 59.1 cm³/mol. The Morgan fingerprint density at radius 3 is 2.80 bits per heavy atom. The Labute approximate surface area is 90.6 Å². The van der Waals surface area contributed by atoms with Gasteiger partial charge in [0.2, 0.25) is 0 Å². The van der Waals surface area contributed by atoms with Gasteiger partial charge in [0.15, 0.2) is 0 Å². The summed E-state index contributed by atoms with van der Waals surface area (Å²) in [6, 6.07) is 7.46. The maximum atomic E-state index is 9.38. The molecule has 1 rings (SSSR count). The van der Waals surface area contributed by atoms with Crippen LogP contribution in [0.15, 0.2) is 24.3 Å². The SMILES string of the molecule is CCOCCOc1cccc([C@H](C)O)c1. The molecule has 0 aromatic heterocycles. The van der Waals surface area contributed by atoms with E-state index >= 15 is 0 Å². The molecular weight excluding hydrogens is 192 g/mol. The Kier molecular flexibility index (Phi) is 5.15. The van der Waals surface area contributed by atoms with E-state index in [-0.39, 0.29) is 0 Å². The van der Waals surface area contributed by atoms with Crippen LogP contribution in [0.2, 0.25) is 0 Å². The molecule has 0 spiro atoms. The summed E-state index contributed by atoms with van der Waals surface area (Å²) in [6.45, 7) is 5.52. The lowest BCUT2D eigenvalue weighted by atomic mass is 10.1. The molecule has 15 heavy (non-hydrogen) atoms. The van der Waals surface area contributed by atoms with Crippen LogP contribution in [0.25, 0.3) is 0 Å². The van der Waals surface area contributed by atoms with E-state index in [1.54, 1.807) is 6.92 Å². The molecule has 84 valence electrons. The largest absolute Gasteiger partial charge is 0.491 e. The lowest BCUT2D eigenvalue weighted by molar-refractivity contribution is 0.110. The zero-order valence-corrected chi connectivity index (χ0v) is 9.27. The molecule has 0 saturated carbocycles. The summed E-state index contributed by atoms with van der Waals surface area (Å²) in [5, 5.41) is 9.38. The zero-order chi connectivity index (χ0) is 11.1. The van der Waals surface area contributed by atoms with Crippen LogP contribution >= 0.6 is 0 Å². The molecule has 0 aliphatic carbocycles. The van der Waals surface area contributed by atoms with E-state index in [1.165, 1.54) is 0 Å². The fraction of sp³-hybridized carbons (Fsp3) is 0.500. The highest BCUT2D eigenvalue weighted by Gasteiger charge is 2.01. The Morgan fingerprint density at radius 2 is 2.13 bits per heavy atom. The van der Waals surface area contributed by atoms with Gasteiger partial charge in [0, 0.05) is 6.61 Å². The first-order chi connectivity index (χ1) is 7.24. The highest BCUT2D eigenvalue weighted by Crippen LogP contribution is 2.18. The monoisotopic (exact) mass is 210 g/mol. The van der Waals surface area contributed by atoms with Gasteiger partial charge in [-0.1, -0.05) is 12.1 Å². The maximum absolute atomic E-state index is 9.38. The zero-order valence-electron chi connectivity index (χ0n) is 9.27. The van der Waals surface area contributed by atoms with Crippen LogP contribution < -0.4 is 4.74 Å². The van der Waals surface area contributed by atoms with Crippen LogP contribution in [0.5, 0.6) is 5.75 Å². The van der Waals surface area contributed by atoms with Crippen LogP contribution in [0.1, 0.15) is 25.5 Å². The van der Waals surface area contributed by atoms with Gasteiger partial charge in [0.05, 0.1) is 12.7 Å². The van der Waals surface area contributed by atoms with Crippen LogP contribution in [-0.4, -0.2) is 24.9 Å². The molecule has 0 aliphatic rings. The Balaban J connectivity index is 2.43. The molecule has 0 heterocycles. The van der Waals surface area contributed by atoms with Crippen LogP contribution in [0.3, 0.4) is 0 Å². The van der Waals surface area contributed by atoms with E-state index < -0.39 is 6.10 Å². The molecule has 0 aliphatic heterocycles. The smallest absolute Gasteiger partial charge is 0.119 e. The van der Waals surface area contributed by atoms with E-state index in [9.17, 15) is 5.11 Å². The second kappa shape index (κ2) is 6.43. The van der Waals surface area contributed by atoms with Crippen molar-refractivity contribution in [1.82, 2.24) is 0 Å². The Bertz CT molecular complexity index is 284. The minimum atomic E-state index is -0.458. The van der Waals surface area contributed by atoms with Crippen molar-refractivity contribution >= 4 is 0 Å². The van der Waals surface area contributed by atoms with Gasteiger partial charge in [-0.05, 0) is 31.5 Å².